The van der Waals surface area contributed by atoms with E-state index in [0.29, 0.717) is 25.1 Å². The molecule has 1 aliphatic rings. The highest BCUT2D eigenvalue weighted by Gasteiger charge is 2.32. The normalized spacial score (nSPS) is 12.6. The van der Waals surface area contributed by atoms with Gasteiger partial charge in [0.2, 0.25) is 5.91 Å². The molecule has 3 aromatic rings. The zero-order valence-corrected chi connectivity index (χ0v) is 20.4. The van der Waals surface area contributed by atoms with E-state index in [2.05, 4.69) is 10.6 Å². The summed E-state index contributed by atoms with van der Waals surface area (Å²) in [5, 5.41) is 14.5. The minimum atomic E-state index is -0.807. The number of carboxylic acid groups (broad SMARTS) is 1. The molecule has 3 amide bonds. The van der Waals surface area contributed by atoms with Crippen LogP contribution in [-0.4, -0.2) is 34.0 Å². The van der Waals surface area contributed by atoms with Crippen molar-refractivity contribution >= 4 is 29.3 Å². The average molecular weight is 486 g/mol. The van der Waals surface area contributed by atoms with E-state index in [-0.39, 0.29) is 24.4 Å². The highest BCUT2D eigenvalue weighted by molar-refractivity contribution is 6.00. The number of rotatable bonds is 10. The lowest BCUT2D eigenvalue weighted by molar-refractivity contribution is -0.137. The van der Waals surface area contributed by atoms with Crippen LogP contribution in [0, 0.1) is 6.92 Å². The maximum absolute atomic E-state index is 13.1. The van der Waals surface area contributed by atoms with Crippen LogP contribution >= 0.6 is 0 Å². The van der Waals surface area contributed by atoms with E-state index in [4.69, 9.17) is 5.11 Å². The van der Waals surface area contributed by atoms with Crippen molar-refractivity contribution in [3.8, 4) is 0 Å². The lowest BCUT2D eigenvalue weighted by atomic mass is 10.1. The Bertz CT molecular complexity index is 1220. The van der Waals surface area contributed by atoms with Gasteiger partial charge in [-0.25, -0.2) is 4.79 Å². The number of nitrogens with one attached hydrogen (secondary N) is 2. The number of amides is 3. The quantitative estimate of drug-likeness (QED) is 0.359. The summed E-state index contributed by atoms with van der Waals surface area (Å²) in [4.78, 5) is 38.2. The topological polar surface area (TPSA) is 98.7 Å². The third-order valence-corrected chi connectivity index (χ3v) is 6.27. The molecule has 4 rings (SSSR count). The fourth-order valence-electron chi connectivity index (χ4n) is 4.05. The number of aliphatic carboxylic acids is 1. The monoisotopic (exact) mass is 485 g/mol. The number of hydrogen-bond donors (Lipinski definition) is 3. The van der Waals surface area contributed by atoms with Crippen LogP contribution in [-0.2, 0) is 29.0 Å². The molecule has 7 nitrogen and oxygen atoms in total. The van der Waals surface area contributed by atoms with Gasteiger partial charge in [0.25, 0.3) is 0 Å². The standard InChI is InChI=1S/C29H31N3O4/c1-20-4-2-3-5-26(20)31-29(36)30-24-13-10-22(11-14-24)18-27(33)32(25-15-16-25)19-23-8-6-21(7-9-23)12-17-28(34)35/h2-11,13-14,25H,12,15-19H2,1H3,(H,34,35)(H2,30,31,36). The van der Waals surface area contributed by atoms with Gasteiger partial charge in [0.1, 0.15) is 0 Å². The Balaban J connectivity index is 1.31. The summed E-state index contributed by atoms with van der Waals surface area (Å²) in [5.74, 6) is -0.732. The van der Waals surface area contributed by atoms with E-state index in [1.807, 2.05) is 72.5 Å². The van der Waals surface area contributed by atoms with Crippen molar-refractivity contribution in [1.82, 2.24) is 4.90 Å². The molecule has 0 unspecified atom stereocenters. The molecule has 0 aliphatic heterocycles. The number of carboxylic acids is 1. The molecule has 0 heterocycles. The number of urea groups is 1. The van der Waals surface area contributed by atoms with Crippen molar-refractivity contribution in [3.63, 3.8) is 0 Å². The summed E-state index contributed by atoms with van der Waals surface area (Å²) >= 11 is 0. The number of anilines is 2. The smallest absolute Gasteiger partial charge is 0.323 e. The Labute approximate surface area is 211 Å². The van der Waals surface area contributed by atoms with Crippen LogP contribution in [0.15, 0.2) is 72.8 Å². The first-order chi connectivity index (χ1) is 17.4. The van der Waals surface area contributed by atoms with Crippen LogP contribution < -0.4 is 10.6 Å². The number of nitrogens with zero attached hydrogens (tertiary/aromatic N) is 1. The van der Waals surface area contributed by atoms with Crippen molar-refractivity contribution in [1.29, 1.82) is 0 Å². The third-order valence-electron chi connectivity index (χ3n) is 6.27. The number of benzene rings is 3. The molecular weight excluding hydrogens is 454 g/mol. The van der Waals surface area contributed by atoms with Crippen LogP contribution in [0.2, 0.25) is 0 Å². The molecule has 1 saturated carbocycles. The highest BCUT2D eigenvalue weighted by atomic mass is 16.4. The Morgan fingerprint density at radius 2 is 1.50 bits per heavy atom. The molecule has 0 bridgehead atoms. The maximum atomic E-state index is 13.1. The van der Waals surface area contributed by atoms with Crippen LogP contribution in [0.3, 0.4) is 0 Å². The predicted molar refractivity (Wildman–Crippen MR) is 140 cm³/mol. The summed E-state index contributed by atoms with van der Waals surface area (Å²) in [5.41, 5.74) is 5.29. The minimum Gasteiger partial charge on any atom is -0.481 e. The minimum absolute atomic E-state index is 0.0745. The molecule has 0 aromatic heterocycles. The first-order valence-corrected chi connectivity index (χ1v) is 12.2. The lowest BCUT2D eigenvalue weighted by Crippen LogP contribution is -2.33. The SMILES string of the molecule is Cc1ccccc1NC(=O)Nc1ccc(CC(=O)N(Cc2ccc(CCC(=O)O)cc2)C2CC2)cc1. The number of carbonyl (C=O) groups is 3. The number of para-hydroxylation sites is 1. The molecule has 0 atom stereocenters. The van der Waals surface area contributed by atoms with Gasteiger partial charge < -0.3 is 20.6 Å². The van der Waals surface area contributed by atoms with Gasteiger partial charge in [-0.1, -0.05) is 54.6 Å². The van der Waals surface area contributed by atoms with Gasteiger partial charge in [-0.3, -0.25) is 9.59 Å². The van der Waals surface area contributed by atoms with Crippen molar-refractivity contribution in [2.45, 2.75) is 51.6 Å². The van der Waals surface area contributed by atoms with Gasteiger partial charge in [0, 0.05) is 30.4 Å². The molecule has 1 fully saturated rings. The number of carbonyl (C=O) groups excluding carboxylic acids is 2. The summed E-state index contributed by atoms with van der Waals surface area (Å²) in [6, 6.07) is 22.7. The fourth-order valence-corrected chi connectivity index (χ4v) is 4.05. The third kappa shape index (κ3) is 7.18. The Kier molecular flexibility index (Phi) is 8.00. The molecule has 0 radical (unpaired) electrons. The van der Waals surface area contributed by atoms with Gasteiger partial charge in [-0.2, -0.15) is 0 Å². The second-order valence-electron chi connectivity index (χ2n) is 9.23. The molecular formula is C29H31N3O4. The molecule has 3 aromatic carbocycles. The second-order valence-corrected chi connectivity index (χ2v) is 9.23. The van der Waals surface area contributed by atoms with Crippen LogP contribution in [0.4, 0.5) is 16.2 Å². The van der Waals surface area contributed by atoms with Crippen LogP contribution in [0.25, 0.3) is 0 Å². The van der Waals surface area contributed by atoms with Crippen molar-refractivity contribution < 1.29 is 19.5 Å². The fraction of sp³-hybridized carbons (Fsp3) is 0.276. The first-order valence-electron chi connectivity index (χ1n) is 12.2. The average Bonchev–Trinajstić information content (AvgIpc) is 3.70. The Hall–Kier alpha value is -4.13. The summed E-state index contributed by atoms with van der Waals surface area (Å²) in [6.45, 7) is 2.48. The van der Waals surface area contributed by atoms with Gasteiger partial charge in [0.15, 0.2) is 0 Å². The number of aryl methyl sites for hydroxylation is 2. The molecule has 7 heteroatoms. The molecule has 0 spiro atoms. The van der Waals surface area contributed by atoms with E-state index in [1.165, 1.54) is 0 Å². The lowest BCUT2D eigenvalue weighted by Gasteiger charge is -2.23. The summed E-state index contributed by atoms with van der Waals surface area (Å²) in [6.07, 6.45) is 2.93. The van der Waals surface area contributed by atoms with Gasteiger partial charge in [-0.15, -0.1) is 0 Å². The molecule has 36 heavy (non-hydrogen) atoms. The Morgan fingerprint density at radius 1 is 0.861 bits per heavy atom. The van der Waals surface area contributed by atoms with E-state index in [0.717, 1.165) is 40.8 Å². The maximum Gasteiger partial charge on any atom is 0.323 e. The van der Waals surface area contributed by atoms with Crippen LogP contribution in [0.1, 0.15) is 41.5 Å². The van der Waals surface area contributed by atoms with Crippen molar-refractivity contribution in [3.05, 3.63) is 95.1 Å². The van der Waals surface area contributed by atoms with E-state index >= 15 is 0 Å². The number of hydrogen-bond acceptors (Lipinski definition) is 3. The van der Waals surface area contributed by atoms with Crippen LogP contribution in [0.5, 0.6) is 0 Å². The van der Waals surface area contributed by atoms with Crippen molar-refractivity contribution in [2.75, 3.05) is 10.6 Å². The van der Waals surface area contributed by atoms with E-state index < -0.39 is 5.97 Å². The predicted octanol–water partition coefficient (Wildman–Crippen LogP) is 5.39. The largest absolute Gasteiger partial charge is 0.481 e. The highest BCUT2D eigenvalue weighted by Crippen LogP contribution is 2.29. The first kappa shape index (κ1) is 25.0. The zero-order valence-electron chi connectivity index (χ0n) is 20.4. The second kappa shape index (κ2) is 11.5. The van der Waals surface area contributed by atoms with E-state index in [1.54, 1.807) is 12.1 Å². The van der Waals surface area contributed by atoms with Gasteiger partial charge >= 0.3 is 12.0 Å². The molecule has 186 valence electrons. The van der Waals surface area contributed by atoms with Gasteiger partial charge in [-0.05, 0) is 66.6 Å². The van der Waals surface area contributed by atoms with Crippen molar-refractivity contribution in [2.24, 2.45) is 0 Å². The van der Waals surface area contributed by atoms with E-state index in [9.17, 15) is 14.4 Å². The molecule has 3 N–H and O–H groups in total. The summed E-state index contributed by atoms with van der Waals surface area (Å²) < 4.78 is 0. The zero-order chi connectivity index (χ0) is 25.5. The molecule has 0 saturated heterocycles. The van der Waals surface area contributed by atoms with Gasteiger partial charge in [0.05, 0.1) is 6.42 Å². The summed E-state index contributed by atoms with van der Waals surface area (Å²) in [7, 11) is 0. The Morgan fingerprint density at radius 3 is 2.14 bits per heavy atom. The molecule has 1 aliphatic carbocycles.